The van der Waals surface area contributed by atoms with Crippen molar-refractivity contribution in [2.45, 2.75) is 25.9 Å². The molecule has 3 rings (SSSR count). The number of aromatic amines is 1. The molecule has 0 bridgehead atoms. The molecule has 0 fully saturated rings. The number of fused-ring (bicyclic) bond motifs is 1. The number of nitrogens with one attached hydrogen (secondary N) is 2. The number of amides is 1. The molecular weight excluding hydrogens is 296 g/mol. The van der Waals surface area contributed by atoms with E-state index < -0.39 is 5.56 Å². The van der Waals surface area contributed by atoms with Gasteiger partial charge in [0.2, 0.25) is 11.8 Å². The van der Waals surface area contributed by atoms with Crippen LogP contribution in [0.25, 0.3) is 0 Å². The summed E-state index contributed by atoms with van der Waals surface area (Å²) in [6.07, 6.45) is 0.926. The summed E-state index contributed by atoms with van der Waals surface area (Å²) in [6.45, 7) is 2.70. The summed E-state index contributed by atoms with van der Waals surface area (Å²) in [5.41, 5.74) is 1.87. The molecule has 0 radical (unpaired) electrons. The van der Waals surface area contributed by atoms with Crippen LogP contribution < -0.4 is 15.8 Å². The Balaban J connectivity index is 1.66. The van der Waals surface area contributed by atoms with Gasteiger partial charge in [0, 0.05) is 12.2 Å². The van der Waals surface area contributed by atoms with Gasteiger partial charge in [0.05, 0.1) is 12.6 Å². The van der Waals surface area contributed by atoms with Crippen LogP contribution in [0.1, 0.15) is 18.3 Å². The molecule has 1 amide bonds. The fraction of sp³-hybridized carbons (Fsp3) is 0.312. The SMILES string of the molecule is CC(C(=O)NCc1nc(O)cc(=O)[nH]1)N1CCc2ccccc21. The van der Waals surface area contributed by atoms with Crippen molar-refractivity contribution in [1.29, 1.82) is 0 Å². The first-order valence-corrected chi connectivity index (χ1v) is 7.46. The van der Waals surface area contributed by atoms with Crippen LogP contribution in [0.15, 0.2) is 35.1 Å². The molecule has 1 aliphatic heterocycles. The molecule has 1 aromatic heterocycles. The lowest BCUT2D eigenvalue weighted by molar-refractivity contribution is -0.122. The van der Waals surface area contributed by atoms with Gasteiger partial charge in [-0.3, -0.25) is 9.59 Å². The van der Waals surface area contributed by atoms with Gasteiger partial charge >= 0.3 is 0 Å². The fourth-order valence-electron chi connectivity index (χ4n) is 2.80. The molecule has 3 N–H and O–H groups in total. The number of hydrogen-bond donors (Lipinski definition) is 3. The monoisotopic (exact) mass is 314 g/mol. The Morgan fingerprint density at radius 2 is 2.26 bits per heavy atom. The lowest BCUT2D eigenvalue weighted by atomic mass is 10.1. The molecule has 0 aliphatic carbocycles. The van der Waals surface area contributed by atoms with Crippen LogP contribution in [0, 0.1) is 0 Å². The summed E-state index contributed by atoms with van der Waals surface area (Å²) >= 11 is 0. The van der Waals surface area contributed by atoms with Crippen LogP contribution in [0.5, 0.6) is 5.88 Å². The normalized spacial score (nSPS) is 14.4. The Bertz CT molecular complexity index is 787. The van der Waals surface area contributed by atoms with Gasteiger partial charge < -0.3 is 20.3 Å². The summed E-state index contributed by atoms with van der Waals surface area (Å²) in [4.78, 5) is 31.9. The second-order valence-electron chi connectivity index (χ2n) is 5.52. The Labute approximate surface area is 133 Å². The Morgan fingerprint density at radius 1 is 1.48 bits per heavy atom. The van der Waals surface area contributed by atoms with E-state index in [1.165, 1.54) is 5.56 Å². The zero-order valence-corrected chi connectivity index (χ0v) is 12.7. The number of para-hydroxylation sites is 1. The molecule has 1 aromatic carbocycles. The topological polar surface area (TPSA) is 98.3 Å². The van der Waals surface area contributed by atoms with E-state index in [4.69, 9.17) is 0 Å². The zero-order valence-electron chi connectivity index (χ0n) is 12.7. The van der Waals surface area contributed by atoms with Crippen molar-refractivity contribution in [3.05, 3.63) is 52.1 Å². The standard InChI is InChI=1S/C16H18N4O3/c1-10(20-7-6-11-4-2-3-5-12(11)20)16(23)17-9-13-18-14(21)8-15(22)19-13/h2-5,8,10H,6-7,9H2,1H3,(H,17,23)(H2,18,19,21,22). The van der Waals surface area contributed by atoms with Crippen molar-refractivity contribution in [2.24, 2.45) is 0 Å². The zero-order chi connectivity index (χ0) is 16.4. The smallest absolute Gasteiger partial charge is 0.254 e. The van der Waals surface area contributed by atoms with E-state index in [-0.39, 0.29) is 30.2 Å². The van der Waals surface area contributed by atoms with E-state index in [0.717, 1.165) is 24.7 Å². The number of anilines is 1. The Hall–Kier alpha value is -2.83. The number of carbonyl (C=O) groups is 1. The van der Waals surface area contributed by atoms with Crippen LogP contribution >= 0.6 is 0 Å². The molecule has 7 nitrogen and oxygen atoms in total. The molecule has 2 aromatic rings. The molecule has 2 heterocycles. The van der Waals surface area contributed by atoms with Crippen molar-refractivity contribution >= 4 is 11.6 Å². The number of hydrogen-bond acceptors (Lipinski definition) is 5. The highest BCUT2D eigenvalue weighted by Gasteiger charge is 2.27. The number of aromatic hydroxyl groups is 1. The Kier molecular flexibility index (Phi) is 4.01. The van der Waals surface area contributed by atoms with Gasteiger partial charge in [-0.15, -0.1) is 0 Å². The minimum absolute atomic E-state index is 0.0578. The molecule has 0 saturated carbocycles. The largest absolute Gasteiger partial charge is 0.493 e. The molecule has 120 valence electrons. The minimum atomic E-state index is -0.455. The quantitative estimate of drug-likeness (QED) is 0.765. The van der Waals surface area contributed by atoms with Crippen LogP contribution in [-0.4, -0.2) is 33.6 Å². The van der Waals surface area contributed by atoms with E-state index in [0.29, 0.717) is 0 Å². The Morgan fingerprint density at radius 3 is 3.04 bits per heavy atom. The average molecular weight is 314 g/mol. The van der Waals surface area contributed by atoms with Crippen molar-refractivity contribution in [3.63, 3.8) is 0 Å². The van der Waals surface area contributed by atoms with Crippen LogP contribution in [0.4, 0.5) is 5.69 Å². The van der Waals surface area contributed by atoms with E-state index in [9.17, 15) is 14.7 Å². The lowest BCUT2D eigenvalue weighted by Crippen LogP contribution is -2.44. The number of carbonyl (C=O) groups excluding carboxylic acids is 1. The summed E-state index contributed by atoms with van der Waals surface area (Å²) in [5, 5.41) is 12.0. The third-order valence-electron chi connectivity index (χ3n) is 3.98. The highest BCUT2D eigenvalue weighted by molar-refractivity contribution is 5.85. The summed E-state index contributed by atoms with van der Waals surface area (Å²) < 4.78 is 0. The maximum atomic E-state index is 12.3. The number of aromatic nitrogens is 2. The predicted molar refractivity (Wildman–Crippen MR) is 85.3 cm³/mol. The molecule has 0 spiro atoms. The first-order chi connectivity index (χ1) is 11.0. The number of rotatable bonds is 4. The van der Waals surface area contributed by atoms with Gasteiger partial charge in [0.15, 0.2) is 0 Å². The van der Waals surface area contributed by atoms with E-state index >= 15 is 0 Å². The maximum Gasteiger partial charge on any atom is 0.254 e. The van der Waals surface area contributed by atoms with Crippen LogP contribution in [0.3, 0.4) is 0 Å². The fourth-order valence-corrected chi connectivity index (χ4v) is 2.80. The summed E-state index contributed by atoms with van der Waals surface area (Å²) in [7, 11) is 0. The van der Waals surface area contributed by atoms with E-state index in [1.807, 2.05) is 25.1 Å². The lowest BCUT2D eigenvalue weighted by Gasteiger charge is -2.26. The summed E-state index contributed by atoms with van der Waals surface area (Å²) in [6, 6.07) is 8.69. The molecule has 1 atom stereocenters. The average Bonchev–Trinajstić information content (AvgIpc) is 2.95. The van der Waals surface area contributed by atoms with Gasteiger partial charge in [0.1, 0.15) is 11.9 Å². The highest BCUT2D eigenvalue weighted by Crippen LogP contribution is 2.29. The third-order valence-corrected chi connectivity index (χ3v) is 3.98. The maximum absolute atomic E-state index is 12.3. The molecule has 0 saturated heterocycles. The molecule has 1 aliphatic rings. The van der Waals surface area contributed by atoms with Crippen molar-refractivity contribution in [2.75, 3.05) is 11.4 Å². The summed E-state index contributed by atoms with van der Waals surface area (Å²) in [5.74, 6) is -0.301. The second-order valence-corrected chi connectivity index (χ2v) is 5.52. The minimum Gasteiger partial charge on any atom is -0.493 e. The van der Waals surface area contributed by atoms with Crippen molar-refractivity contribution in [3.8, 4) is 5.88 Å². The molecule has 23 heavy (non-hydrogen) atoms. The van der Waals surface area contributed by atoms with Gasteiger partial charge in [-0.2, -0.15) is 4.98 Å². The highest BCUT2D eigenvalue weighted by atomic mass is 16.3. The first-order valence-electron chi connectivity index (χ1n) is 7.46. The van der Waals surface area contributed by atoms with Crippen molar-refractivity contribution < 1.29 is 9.90 Å². The van der Waals surface area contributed by atoms with Crippen molar-refractivity contribution in [1.82, 2.24) is 15.3 Å². The van der Waals surface area contributed by atoms with Gasteiger partial charge in [0.25, 0.3) is 5.56 Å². The number of H-pyrrole nitrogens is 1. The first kappa shape index (κ1) is 15.1. The third kappa shape index (κ3) is 3.18. The number of nitrogens with zero attached hydrogens (tertiary/aromatic N) is 2. The van der Waals surface area contributed by atoms with Crippen LogP contribution in [0.2, 0.25) is 0 Å². The van der Waals surface area contributed by atoms with Gasteiger partial charge in [-0.05, 0) is 25.0 Å². The van der Waals surface area contributed by atoms with E-state index in [1.54, 1.807) is 0 Å². The van der Waals surface area contributed by atoms with Gasteiger partial charge in [-0.25, -0.2) is 0 Å². The molecular formula is C16H18N4O3. The van der Waals surface area contributed by atoms with Gasteiger partial charge in [-0.1, -0.05) is 18.2 Å². The van der Waals surface area contributed by atoms with Crippen LogP contribution in [-0.2, 0) is 17.8 Å². The molecule has 1 unspecified atom stereocenters. The molecule has 7 heteroatoms. The number of benzene rings is 1. The predicted octanol–water partition coefficient (Wildman–Crippen LogP) is 0.543. The second kappa shape index (κ2) is 6.12. The van der Waals surface area contributed by atoms with E-state index in [2.05, 4.69) is 26.3 Å².